The lowest BCUT2D eigenvalue weighted by atomic mass is 10.1. The highest BCUT2D eigenvalue weighted by molar-refractivity contribution is 6.30. The lowest BCUT2D eigenvalue weighted by Crippen LogP contribution is -2.42. The molecule has 1 atom stereocenters. The van der Waals surface area contributed by atoms with E-state index in [-0.39, 0.29) is 24.5 Å². The fraction of sp³-hybridized carbons (Fsp3) is 0.333. The van der Waals surface area contributed by atoms with Gasteiger partial charge >= 0.3 is 6.03 Å². The van der Waals surface area contributed by atoms with Crippen molar-refractivity contribution in [1.29, 1.82) is 0 Å². The Morgan fingerprint density at radius 1 is 1.15 bits per heavy atom. The van der Waals surface area contributed by atoms with E-state index in [1.807, 2.05) is 37.3 Å². The molecule has 5 nitrogen and oxygen atoms in total. The SMILES string of the molecule is CC(CCc1ccccc1)NC(=O)CN1CCN(c2cccc(Cl)c2)C1=O. The van der Waals surface area contributed by atoms with Gasteiger partial charge in [0.25, 0.3) is 0 Å². The van der Waals surface area contributed by atoms with E-state index in [1.165, 1.54) is 5.56 Å². The van der Waals surface area contributed by atoms with Gasteiger partial charge in [-0.2, -0.15) is 0 Å². The standard InChI is InChI=1S/C21H24ClN3O2/c1-16(10-11-17-6-3-2-4-7-17)23-20(26)15-24-12-13-25(21(24)27)19-9-5-8-18(22)14-19/h2-9,14,16H,10-13,15H2,1H3,(H,23,26). The first-order valence-electron chi connectivity index (χ1n) is 9.18. The zero-order chi connectivity index (χ0) is 19.2. The Kier molecular flexibility index (Phi) is 6.35. The number of hydrogen-bond acceptors (Lipinski definition) is 2. The van der Waals surface area contributed by atoms with E-state index in [1.54, 1.807) is 21.9 Å². The Bertz CT molecular complexity index is 797. The van der Waals surface area contributed by atoms with E-state index in [0.717, 1.165) is 18.5 Å². The number of nitrogens with zero attached hydrogens (tertiary/aromatic N) is 2. The monoisotopic (exact) mass is 385 g/mol. The van der Waals surface area contributed by atoms with Gasteiger partial charge in [0.2, 0.25) is 5.91 Å². The zero-order valence-corrected chi connectivity index (χ0v) is 16.2. The van der Waals surface area contributed by atoms with Crippen molar-refractivity contribution in [2.45, 2.75) is 25.8 Å². The van der Waals surface area contributed by atoms with E-state index in [9.17, 15) is 9.59 Å². The first-order valence-corrected chi connectivity index (χ1v) is 9.56. The van der Waals surface area contributed by atoms with Crippen LogP contribution < -0.4 is 10.2 Å². The Morgan fingerprint density at radius 3 is 2.67 bits per heavy atom. The van der Waals surface area contributed by atoms with Gasteiger partial charge in [-0.25, -0.2) is 4.79 Å². The summed E-state index contributed by atoms with van der Waals surface area (Å²) in [6.07, 6.45) is 1.77. The molecule has 1 saturated heterocycles. The topological polar surface area (TPSA) is 52.7 Å². The number of aryl methyl sites for hydroxylation is 1. The molecule has 27 heavy (non-hydrogen) atoms. The van der Waals surface area contributed by atoms with Gasteiger partial charge in [-0.15, -0.1) is 0 Å². The fourth-order valence-electron chi connectivity index (χ4n) is 3.21. The van der Waals surface area contributed by atoms with Crippen LogP contribution in [0.15, 0.2) is 54.6 Å². The van der Waals surface area contributed by atoms with Crippen molar-refractivity contribution in [2.24, 2.45) is 0 Å². The molecule has 0 radical (unpaired) electrons. The normalized spacial score (nSPS) is 15.1. The molecule has 1 unspecified atom stereocenters. The Morgan fingerprint density at radius 2 is 1.93 bits per heavy atom. The van der Waals surface area contributed by atoms with E-state index in [2.05, 4.69) is 17.4 Å². The molecule has 142 valence electrons. The molecule has 1 aliphatic heterocycles. The van der Waals surface area contributed by atoms with Gasteiger partial charge in [0.05, 0.1) is 0 Å². The summed E-state index contributed by atoms with van der Waals surface area (Å²) in [5.74, 6) is -0.128. The maximum Gasteiger partial charge on any atom is 0.325 e. The van der Waals surface area contributed by atoms with Gasteiger partial charge in [-0.05, 0) is 43.5 Å². The first-order chi connectivity index (χ1) is 13.0. The van der Waals surface area contributed by atoms with E-state index in [4.69, 9.17) is 11.6 Å². The quantitative estimate of drug-likeness (QED) is 0.789. The number of anilines is 1. The summed E-state index contributed by atoms with van der Waals surface area (Å²) >= 11 is 6.01. The molecule has 1 aliphatic rings. The largest absolute Gasteiger partial charge is 0.352 e. The van der Waals surface area contributed by atoms with Crippen LogP contribution in [0, 0.1) is 0 Å². The zero-order valence-electron chi connectivity index (χ0n) is 15.4. The third-order valence-corrected chi connectivity index (χ3v) is 4.90. The summed E-state index contributed by atoms with van der Waals surface area (Å²) < 4.78 is 0. The number of benzene rings is 2. The number of amides is 3. The van der Waals surface area contributed by atoms with Crippen LogP contribution in [0.5, 0.6) is 0 Å². The molecule has 0 spiro atoms. The van der Waals surface area contributed by atoms with E-state index >= 15 is 0 Å². The predicted molar refractivity (Wildman–Crippen MR) is 108 cm³/mol. The second kappa shape index (κ2) is 8.91. The molecule has 0 saturated carbocycles. The van der Waals surface area contributed by atoms with Crippen LogP contribution in [0.3, 0.4) is 0 Å². The molecule has 2 aromatic rings. The summed E-state index contributed by atoms with van der Waals surface area (Å²) in [7, 11) is 0. The average Bonchev–Trinajstić information content (AvgIpc) is 3.01. The molecule has 2 aromatic carbocycles. The maximum absolute atomic E-state index is 12.6. The van der Waals surface area contributed by atoms with Crippen molar-refractivity contribution in [1.82, 2.24) is 10.2 Å². The lowest BCUT2D eigenvalue weighted by molar-refractivity contribution is -0.122. The second-order valence-corrected chi connectivity index (χ2v) is 7.26. The highest BCUT2D eigenvalue weighted by Crippen LogP contribution is 2.23. The number of rotatable bonds is 7. The van der Waals surface area contributed by atoms with Gasteiger partial charge in [0.15, 0.2) is 0 Å². The second-order valence-electron chi connectivity index (χ2n) is 6.83. The summed E-state index contributed by atoms with van der Waals surface area (Å²) in [5, 5.41) is 3.58. The molecule has 6 heteroatoms. The molecule has 3 rings (SSSR count). The average molecular weight is 386 g/mol. The van der Waals surface area contributed by atoms with E-state index < -0.39 is 0 Å². The molecule has 3 amide bonds. The molecule has 1 heterocycles. The number of hydrogen-bond donors (Lipinski definition) is 1. The fourth-order valence-corrected chi connectivity index (χ4v) is 3.39. The predicted octanol–water partition coefficient (Wildman–Crippen LogP) is 3.72. The van der Waals surface area contributed by atoms with Gasteiger partial charge < -0.3 is 10.2 Å². The highest BCUT2D eigenvalue weighted by Gasteiger charge is 2.31. The third kappa shape index (κ3) is 5.23. The van der Waals surface area contributed by atoms with Gasteiger partial charge in [-0.1, -0.05) is 48.0 Å². The maximum atomic E-state index is 12.6. The van der Waals surface area contributed by atoms with E-state index in [0.29, 0.717) is 18.1 Å². The molecule has 1 fully saturated rings. The first kappa shape index (κ1) is 19.2. The summed E-state index contributed by atoms with van der Waals surface area (Å²) in [6.45, 7) is 3.14. The minimum Gasteiger partial charge on any atom is -0.352 e. The van der Waals surface area contributed by atoms with Crippen molar-refractivity contribution >= 4 is 29.2 Å². The molecule has 0 aliphatic carbocycles. The van der Waals surface area contributed by atoms with Crippen molar-refractivity contribution in [3.05, 3.63) is 65.2 Å². The van der Waals surface area contributed by atoms with Crippen LogP contribution in [0.4, 0.5) is 10.5 Å². The van der Waals surface area contributed by atoms with Gasteiger partial charge in [-0.3, -0.25) is 9.69 Å². The van der Waals surface area contributed by atoms with Crippen molar-refractivity contribution in [3.63, 3.8) is 0 Å². The molecule has 0 bridgehead atoms. The number of carbonyl (C=O) groups is 2. The van der Waals surface area contributed by atoms with Crippen LogP contribution in [-0.4, -0.2) is 42.5 Å². The Hall–Kier alpha value is -2.53. The Balaban J connectivity index is 1.47. The third-order valence-electron chi connectivity index (χ3n) is 4.67. The summed E-state index contributed by atoms with van der Waals surface area (Å²) in [6, 6.07) is 17.3. The van der Waals surface area contributed by atoms with Crippen molar-refractivity contribution in [2.75, 3.05) is 24.5 Å². The number of halogens is 1. The molecule has 0 aromatic heterocycles. The number of nitrogens with one attached hydrogen (secondary N) is 1. The smallest absolute Gasteiger partial charge is 0.325 e. The summed E-state index contributed by atoms with van der Waals surface area (Å²) in [4.78, 5) is 28.1. The molecular formula is C21H24ClN3O2. The Labute approximate surface area is 164 Å². The van der Waals surface area contributed by atoms with Crippen LogP contribution in [0.1, 0.15) is 18.9 Å². The van der Waals surface area contributed by atoms with Crippen molar-refractivity contribution in [3.8, 4) is 0 Å². The van der Waals surface area contributed by atoms with Crippen LogP contribution in [-0.2, 0) is 11.2 Å². The summed E-state index contributed by atoms with van der Waals surface area (Å²) in [5.41, 5.74) is 2.01. The minimum atomic E-state index is -0.163. The lowest BCUT2D eigenvalue weighted by Gasteiger charge is -2.20. The van der Waals surface area contributed by atoms with Gasteiger partial charge in [0, 0.05) is 29.8 Å². The van der Waals surface area contributed by atoms with Crippen molar-refractivity contribution < 1.29 is 9.59 Å². The van der Waals surface area contributed by atoms with Gasteiger partial charge in [0.1, 0.15) is 6.54 Å². The minimum absolute atomic E-state index is 0.0550. The number of carbonyl (C=O) groups excluding carboxylic acids is 2. The van der Waals surface area contributed by atoms with Crippen LogP contribution >= 0.6 is 11.6 Å². The van der Waals surface area contributed by atoms with Crippen LogP contribution in [0.2, 0.25) is 5.02 Å². The molecule has 1 N–H and O–H groups in total. The number of urea groups is 1. The highest BCUT2D eigenvalue weighted by atomic mass is 35.5. The molecular weight excluding hydrogens is 362 g/mol. The van der Waals surface area contributed by atoms with Crippen LogP contribution in [0.25, 0.3) is 0 Å².